The van der Waals surface area contributed by atoms with Gasteiger partial charge in [0.2, 0.25) is 0 Å². The Balaban J connectivity index is 2.21. The molecule has 27 heavy (non-hydrogen) atoms. The Hall–Kier alpha value is -3.11. The fourth-order valence-corrected chi connectivity index (χ4v) is 3.47. The summed E-state index contributed by atoms with van der Waals surface area (Å²) in [6.07, 6.45) is 0. The van der Waals surface area contributed by atoms with Gasteiger partial charge in [0.15, 0.2) is 0 Å². The molecule has 0 aromatic heterocycles. The van der Waals surface area contributed by atoms with Crippen LogP contribution in [0.15, 0.2) is 66.7 Å². The molecule has 0 saturated carbocycles. The molecule has 0 unspecified atom stereocenters. The maximum Gasteiger partial charge on any atom is 0.131 e. The highest BCUT2D eigenvalue weighted by molar-refractivity contribution is 6.31. The highest BCUT2D eigenvalue weighted by Crippen LogP contribution is 2.46. The van der Waals surface area contributed by atoms with Gasteiger partial charge < -0.3 is 10.2 Å². The van der Waals surface area contributed by atoms with E-state index in [9.17, 15) is 19.0 Å². The third-order valence-electron chi connectivity index (χ3n) is 4.48. The standard InChI is InChI=1S/C22H13ClF2O2/c23-13-7-8-17(25)15(11-13)22-19(27)10-6-12-5-9-18(26)21(20(12)22)14-3-1-2-4-16(14)24/h1-11,26-27H. The van der Waals surface area contributed by atoms with Crippen molar-refractivity contribution in [3.8, 4) is 33.8 Å². The predicted octanol–water partition coefficient (Wildman–Crippen LogP) is 6.52. The zero-order valence-corrected chi connectivity index (χ0v) is 14.6. The van der Waals surface area contributed by atoms with Crippen molar-refractivity contribution in [2.75, 3.05) is 0 Å². The van der Waals surface area contributed by atoms with Gasteiger partial charge in [-0.05, 0) is 41.8 Å². The fourth-order valence-electron chi connectivity index (χ4n) is 3.29. The van der Waals surface area contributed by atoms with Crippen LogP contribution in [-0.2, 0) is 0 Å². The van der Waals surface area contributed by atoms with E-state index in [2.05, 4.69) is 0 Å². The Labute approximate surface area is 158 Å². The number of benzene rings is 4. The van der Waals surface area contributed by atoms with Crippen molar-refractivity contribution in [3.05, 3.63) is 83.4 Å². The van der Waals surface area contributed by atoms with Crippen LogP contribution in [0.3, 0.4) is 0 Å². The van der Waals surface area contributed by atoms with Gasteiger partial charge in [0.1, 0.15) is 23.1 Å². The Morgan fingerprint density at radius 2 is 1.26 bits per heavy atom. The van der Waals surface area contributed by atoms with Crippen molar-refractivity contribution in [2.24, 2.45) is 0 Å². The summed E-state index contributed by atoms with van der Waals surface area (Å²) in [5.41, 5.74) is 0.529. The normalized spacial score (nSPS) is 11.1. The van der Waals surface area contributed by atoms with E-state index >= 15 is 0 Å². The van der Waals surface area contributed by atoms with Crippen molar-refractivity contribution in [2.45, 2.75) is 0 Å². The molecule has 4 rings (SSSR count). The molecule has 0 amide bonds. The molecule has 0 radical (unpaired) electrons. The predicted molar refractivity (Wildman–Crippen MR) is 103 cm³/mol. The first-order valence-electron chi connectivity index (χ1n) is 8.15. The highest BCUT2D eigenvalue weighted by atomic mass is 35.5. The van der Waals surface area contributed by atoms with Gasteiger partial charge >= 0.3 is 0 Å². The summed E-state index contributed by atoms with van der Waals surface area (Å²) in [4.78, 5) is 0. The summed E-state index contributed by atoms with van der Waals surface area (Å²) in [6, 6.07) is 16.1. The van der Waals surface area contributed by atoms with Gasteiger partial charge in [0.25, 0.3) is 0 Å². The zero-order valence-electron chi connectivity index (χ0n) is 13.9. The second kappa shape index (κ2) is 6.56. The van der Waals surface area contributed by atoms with Crippen molar-refractivity contribution in [1.82, 2.24) is 0 Å². The Morgan fingerprint density at radius 3 is 1.93 bits per heavy atom. The van der Waals surface area contributed by atoms with E-state index in [0.29, 0.717) is 10.8 Å². The smallest absolute Gasteiger partial charge is 0.131 e. The van der Waals surface area contributed by atoms with E-state index < -0.39 is 11.6 Å². The van der Waals surface area contributed by atoms with E-state index in [1.165, 1.54) is 48.5 Å². The first kappa shape index (κ1) is 17.3. The quantitative estimate of drug-likeness (QED) is 0.414. The molecule has 0 fully saturated rings. The Bertz CT molecular complexity index is 1180. The van der Waals surface area contributed by atoms with Gasteiger partial charge in [-0.15, -0.1) is 0 Å². The third-order valence-corrected chi connectivity index (χ3v) is 4.72. The molecular weight excluding hydrogens is 370 g/mol. The van der Waals surface area contributed by atoms with E-state index in [1.807, 2.05) is 0 Å². The summed E-state index contributed by atoms with van der Waals surface area (Å²) in [5.74, 6) is -1.51. The SMILES string of the molecule is Oc1ccc2ccc(O)c(-c3cc(Cl)ccc3F)c2c1-c1ccccc1F. The first-order valence-corrected chi connectivity index (χ1v) is 8.53. The summed E-state index contributed by atoms with van der Waals surface area (Å²) in [5, 5.41) is 22.3. The second-order valence-corrected chi connectivity index (χ2v) is 6.56. The van der Waals surface area contributed by atoms with Crippen LogP contribution in [0.1, 0.15) is 0 Å². The van der Waals surface area contributed by atoms with Crippen molar-refractivity contribution in [1.29, 1.82) is 0 Å². The minimum atomic E-state index is -0.593. The van der Waals surface area contributed by atoms with Crippen LogP contribution in [0, 0.1) is 11.6 Å². The minimum Gasteiger partial charge on any atom is -0.507 e. The van der Waals surface area contributed by atoms with Gasteiger partial charge in [-0.3, -0.25) is 0 Å². The largest absolute Gasteiger partial charge is 0.507 e. The number of fused-ring (bicyclic) bond motifs is 1. The van der Waals surface area contributed by atoms with Gasteiger partial charge in [-0.25, -0.2) is 8.78 Å². The number of halogens is 3. The zero-order chi connectivity index (χ0) is 19.1. The number of phenols is 2. The first-order chi connectivity index (χ1) is 13.0. The van der Waals surface area contributed by atoms with Crippen LogP contribution in [0.5, 0.6) is 11.5 Å². The summed E-state index contributed by atoms with van der Waals surface area (Å²) < 4.78 is 29.1. The lowest BCUT2D eigenvalue weighted by atomic mass is 9.90. The number of hydrogen-bond donors (Lipinski definition) is 2. The molecule has 0 aliphatic rings. The molecule has 0 heterocycles. The van der Waals surface area contributed by atoms with Gasteiger partial charge in [0.05, 0.1) is 0 Å². The van der Waals surface area contributed by atoms with Crippen LogP contribution in [0.2, 0.25) is 5.02 Å². The van der Waals surface area contributed by atoms with E-state index in [1.54, 1.807) is 18.2 Å². The minimum absolute atomic E-state index is 0.0637. The highest BCUT2D eigenvalue weighted by Gasteiger charge is 2.21. The van der Waals surface area contributed by atoms with Crippen LogP contribution < -0.4 is 0 Å². The molecule has 4 aromatic rings. The van der Waals surface area contributed by atoms with Crippen LogP contribution in [0.4, 0.5) is 8.78 Å². The fraction of sp³-hybridized carbons (Fsp3) is 0. The van der Waals surface area contributed by atoms with E-state index in [0.717, 1.165) is 0 Å². The topological polar surface area (TPSA) is 40.5 Å². The third kappa shape index (κ3) is 2.88. The van der Waals surface area contributed by atoms with Crippen LogP contribution in [0.25, 0.3) is 33.0 Å². The number of phenolic OH excluding ortho intramolecular Hbond substituents is 2. The Morgan fingerprint density at radius 1 is 0.667 bits per heavy atom. The molecule has 0 aliphatic carbocycles. The molecular formula is C22H13ClF2O2. The summed E-state index contributed by atoms with van der Waals surface area (Å²) in [7, 11) is 0. The molecule has 0 bridgehead atoms. The van der Waals surface area contributed by atoms with E-state index in [-0.39, 0.29) is 38.8 Å². The average Bonchev–Trinajstić information content (AvgIpc) is 2.65. The average molecular weight is 383 g/mol. The van der Waals surface area contributed by atoms with E-state index in [4.69, 9.17) is 11.6 Å². The number of rotatable bonds is 2. The molecule has 134 valence electrons. The maximum absolute atomic E-state index is 14.6. The number of hydrogen-bond acceptors (Lipinski definition) is 2. The monoisotopic (exact) mass is 382 g/mol. The molecule has 4 aromatic carbocycles. The van der Waals surface area contributed by atoms with Crippen molar-refractivity contribution >= 4 is 22.4 Å². The maximum atomic E-state index is 14.6. The lowest BCUT2D eigenvalue weighted by Gasteiger charge is -2.16. The van der Waals surface area contributed by atoms with Gasteiger partial charge in [-0.1, -0.05) is 41.9 Å². The molecule has 2 nitrogen and oxygen atoms in total. The second-order valence-electron chi connectivity index (χ2n) is 6.12. The molecule has 2 N–H and O–H groups in total. The van der Waals surface area contributed by atoms with Crippen LogP contribution >= 0.6 is 11.6 Å². The van der Waals surface area contributed by atoms with Gasteiger partial charge in [-0.2, -0.15) is 0 Å². The summed E-state index contributed by atoms with van der Waals surface area (Å²) in [6.45, 7) is 0. The van der Waals surface area contributed by atoms with Gasteiger partial charge in [0, 0.05) is 32.7 Å². The molecule has 0 atom stereocenters. The van der Waals surface area contributed by atoms with Crippen LogP contribution in [-0.4, -0.2) is 10.2 Å². The lowest BCUT2D eigenvalue weighted by Crippen LogP contribution is -1.92. The van der Waals surface area contributed by atoms with Crippen molar-refractivity contribution < 1.29 is 19.0 Å². The Kier molecular flexibility index (Phi) is 4.21. The molecule has 0 aliphatic heterocycles. The lowest BCUT2D eigenvalue weighted by molar-refractivity contribution is 0.476. The summed E-state index contributed by atoms with van der Waals surface area (Å²) >= 11 is 6.03. The van der Waals surface area contributed by atoms with Crippen molar-refractivity contribution in [3.63, 3.8) is 0 Å². The molecule has 0 saturated heterocycles. The molecule has 5 heteroatoms. The molecule has 0 spiro atoms. The number of aromatic hydroxyl groups is 2.